The number of ether oxygens (including phenoxy) is 2. The van der Waals surface area contributed by atoms with E-state index in [-0.39, 0.29) is 11.3 Å². The van der Waals surface area contributed by atoms with Crippen molar-refractivity contribution in [3.05, 3.63) is 64.7 Å². The normalized spacial score (nSPS) is 17.5. The molecule has 2 aromatic carbocycles. The highest BCUT2D eigenvalue weighted by Crippen LogP contribution is 2.40. The average molecular weight is 437 g/mol. The van der Waals surface area contributed by atoms with Crippen molar-refractivity contribution in [3.8, 4) is 11.5 Å². The van der Waals surface area contributed by atoms with Gasteiger partial charge in [0.05, 0.1) is 18.7 Å². The number of aliphatic hydroxyl groups is 1. The van der Waals surface area contributed by atoms with Crippen LogP contribution in [0.3, 0.4) is 0 Å². The first-order valence-corrected chi connectivity index (χ1v) is 10.5. The van der Waals surface area contributed by atoms with Gasteiger partial charge < -0.3 is 19.5 Å². The van der Waals surface area contributed by atoms with Gasteiger partial charge in [0.15, 0.2) is 0 Å². The molecule has 1 aliphatic rings. The molecule has 1 aliphatic heterocycles. The van der Waals surface area contributed by atoms with Crippen LogP contribution in [0, 0.1) is 6.92 Å². The number of unbranched alkanes of at least 4 members (excludes halogenated alkanes) is 1. The Kier molecular flexibility index (Phi) is 6.98. The molecule has 1 atom stereocenters. The molecule has 1 N–H and O–H groups in total. The molecule has 0 bridgehead atoms. The Morgan fingerprint density at radius 3 is 2.31 bits per heavy atom. The molecule has 0 spiro atoms. The van der Waals surface area contributed by atoms with Crippen LogP contribution in [0.5, 0.6) is 11.5 Å². The van der Waals surface area contributed by atoms with E-state index in [4.69, 9.17) is 9.47 Å². The average Bonchev–Trinajstić information content (AvgIpc) is 3.02. The fourth-order valence-electron chi connectivity index (χ4n) is 3.84. The molecule has 7 heteroatoms. The molecule has 0 radical (unpaired) electrons. The monoisotopic (exact) mass is 437 g/mol. The van der Waals surface area contributed by atoms with E-state index in [1.807, 2.05) is 6.92 Å². The van der Waals surface area contributed by atoms with Gasteiger partial charge in [-0.15, -0.1) is 0 Å². The molecule has 0 aliphatic carbocycles. The number of carbonyl (C=O) groups is 3. The number of hydrogen-bond acceptors (Lipinski definition) is 6. The molecule has 0 aromatic heterocycles. The Morgan fingerprint density at radius 2 is 1.75 bits per heavy atom. The van der Waals surface area contributed by atoms with Gasteiger partial charge in [-0.05, 0) is 54.8 Å². The molecule has 0 saturated carbocycles. The maximum absolute atomic E-state index is 13.0. The van der Waals surface area contributed by atoms with Gasteiger partial charge in [0.25, 0.3) is 11.7 Å². The van der Waals surface area contributed by atoms with Crippen molar-refractivity contribution in [2.75, 3.05) is 13.7 Å². The molecular weight excluding hydrogens is 410 g/mol. The number of aryl methyl sites for hydroxylation is 1. The lowest BCUT2D eigenvalue weighted by Gasteiger charge is -2.25. The number of ketones is 1. The van der Waals surface area contributed by atoms with Gasteiger partial charge in [-0.3, -0.25) is 14.4 Å². The van der Waals surface area contributed by atoms with E-state index in [2.05, 4.69) is 0 Å². The lowest BCUT2D eigenvalue weighted by Crippen LogP contribution is -2.30. The maximum Gasteiger partial charge on any atom is 0.308 e. The molecule has 1 fully saturated rings. The summed E-state index contributed by atoms with van der Waals surface area (Å²) in [5, 5.41) is 11.2. The Hall–Kier alpha value is -3.61. The highest BCUT2D eigenvalue weighted by Gasteiger charge is 2.45. The molecular formula is C25H27NO6. The van der Waals surface area contributed by atoms with Gasteiger partial charge in [-0.2, -0.15) is 0 Å². The molecule has 7 nitrogen and oxygen atoms in total. The van der Waals surface area contributed by atoms with Crippen LogP contribution in [0.2, 0.25) is 0 Å². The van der Waals surface area contributed by atoms with Crippen molar-refractivity contribution in [3.63, 3.8) is 0 Å². The first kappa shape index (κ1) is 23.1. The maximum atomic E-state index is 13.0. The SMILES string of the molecule is CCCCN1C(=O)C(=O)/C(=C(\O)c2ccc(OC)cc2C)C1c1ccc(OC(C)=O)cc1. The van der Waals surface area contributed by atoms with Crippen molar-refractivity contribution < 1.29 is 29.0 Å². The summed E-state index contributed by atoms with van der Waals surface area (Å²) in [5.41, 5.74) is 1.86. The number of Topliss-reactive ketones (excluding diaryl/α,β-unsaturated/α-hetero) is 1. The number of nitrogens with zero attached hydrogens (tertiary/aromatic N) is 1. The molecule has 32 heavy (non-hydrogen) atoms. The van der Waals surface area contributed by atoms with E-state index in [0.717, 1.165) is 12.8 Å². The van der Waals surface area contributed by atoms with Gasteiger partial charge in [-0.25, -0.2) is 0 Å². The van der Waals surface area contributed by atoms with Crippen molar-refractivity contribution >= 4 is 23.4 Å². The molecule has 2 aromatic rings. The van der Waals surface area contributed by atoms with Crippen LogP contribution in [0.4, 0.5) is 0 Å². The first-order chi connectivity index (χ1) is 15.3. The van der Waals surface area contributed by atoms with Crippen LogP contribution >= 0.6 is 0 Å². The zero-order valence-corrected chi connectivity index (χ0v) is 18.7. The minimum absolute atomic E-state index is 0.0413. The van der Waals surface area contributed by atoms with Gasteiger partial charge in [0, 0.05) is 19.0 Å². The van der Waals surface area contributed by atoms with Gasteiger partial charge in [0.2, 0.25) is 0 Å². The standard InChI is InChI=1S/C25H27NO6/c1-5-6-13-26-22(17-7-9-18(10-8-17)32-16(3)27)21(24(29)25(26)30)23(28)20-12-11-19(31-4)14-15(20)2/h7-12,14,22,28H,5-6,13H2,1-4H3/b23-21-. The highest BCUT2D eigenvalue weighted by atomic mass is 16.5. The Labute approximate surface area is 187 Å². The Morgan fingerprint density at radius 1 is 1.09 bits per heavy atom. The fourth-order valence-corrected chi connectivity index (χ4v) is 3.84. The van der Waals surface area contributed by atoms with Gasteiger partial charge in [-0.1, -0.05) is 25.5 Å². The predicted molar refractivity (Wildman–Crippen MR) is 119 cm³/mol. The second-order valence-electron chi connectivity index (χ2n) is 7.69. The second kappa shape index (κ2) is 9.68. The van der Waals surface area contributed by atoms with Crippen molar-refractivity contribution in [2.24, 2.45) is 0 Å². The highest BCUT2D eigenvalue weighted by molar-refractivity contribution is 6.46. The van der Waals surface area contributed by atoms with E-state index in [1.54, 1.807) is 56.5 Å². The number of carbonyl (C=O) groups excluding carboxylic acids is 3. The summed E-state index contributed by atoms with van der Waals surface area (Å²) >= 11 is 0. The summed E-state index contributed by atoms with van der Waals surface area (Å²) < 4.78 is 10.3. The first-order valence-electron chi connectivity index (χ1n) is 10.5. The number of aliphatic hydroxyl groups excluding tert-OH is 1. The molecule has 3 rings (SSSR count). The van der Waals surface area contributed by atoms with Crippen LogP contribution in [0.1, 0.15) is 49.4 Å². The smallest absolute Gasteiger partial charge is 0.308 e. The second-order valence-corrected chi connectivity index (χ2v) is 7.69. The van der Waals surface area contributed by atoms with Gasteiger partial charge >= 0.3 is 5.97 Å². The van der Waals surface area contributed by atoms with Crippen molar-refractivity contribution in [1.82, 2.24) is 4.90 Å². The van der Waals surface area contributed by atoms with E-state index < -0.39 is 23.7 Å². The minimum atomic E-state index is -0.741. The van der Waals surface area contributed by atoms with E-state index >= 15 is 0 Å². The summed E-state index contributed by atoms with van der Waals surface area (Å²) in [7, 11) is 1.55. The van der Waals surface area contributed by atoms with Crippen LogP contribution in [0.25, 0.3) is 5.76 Å². The summed E-state index contributed by atoms with van der Waals surface area (Å²) in [6.07, 6.45) is 1.56. The molecule has 1 unspecified atom stereocenters. The van der Waals surface area contributed by atoms with Crippen LogP contribution in [-0.4, -0.2) is 41.3 Å². The summed E-state index contributed by atoms with van der Waals surface area (Å²) in [6.45, 7) is 5.49. The lowest BCUT2D eigenvalue weighted by molar-refractivity contribution is -0.139. The fraction of sp³-hybridized carbons (Fsp3) is 0.320. The Balaban J connectivity index is 2.13. The van der Waals surface area contributed by atoms with E-state index in [9.17, 15) is 19.5 Å². The van der Waals surface area contributed by atoms with Crippen LogP contribution in [-0.2, 0) is 14.4 Å². The summed E-state index contributed by atoms with van der Waals surface area (Å²) in [4.78, 5) is 38.6. The number of likely N-dealkylation sites (tertiary alicyclic amines) is 1. The third-order valence-corrected chi connectivity index (χ3v) is 5.44. The Bertz CT molecular complexity index is 1070. The van der Waals surface area contributed by atoms with Crippen molar-refractivity contribution in [2.45, 2.75) is 39.7 Å². The largest absolute Gasteiger partial charge is 0.507 e. The molecule has 1 amide bonds. The van der Waals surface area contributed by atoms with E-state index in [1.165, 1.54) is 11.8 Å². The molecule has 1 saturated heterocycles. The van der Waals surface area contributed by atoms with Gasteiger partial charge in [0.1, 0.15) is 17.3 Å². The summed E-state index contributed by atoms with van der Waals surface area (Å²) in [5.74, 6) is -1.04. The lowest BCUT2D eigenvalue weighted by atomic mass is 9.93. The van der Waals surface area contributed by atoms with Crippen LogP contribution in [0.15, 0.2) is 48.0 Å². The third kappa shape index (κ3) is 4.51. The third-order valence-electron chi connectivity index (χ3n) is 5.44. The predicted octanol–water partition coefficient (Wildman–Crippen LogP) is 4.15. The number of amides is 1. The number of benzene rings is 2. The molecule has 1 heterocycles. The van der Waals surface area contributed by atoms with Crippen LogP contribution < -0.4 is 9.47 Å². The number of rotatable bonds is 7. The quantitative estimate of drug-likeness (QED) is 0.230. The minimum Gasteiger partial charge on any atom is -0.507 e. The number of esters is 1. The van der Waals surface area contributed by atoms with Crippen molar-refractivity contribution in [1.29, 1.82) is 0 Å². The zero-order valence-electron chi connectivity index (χ0n) is 18.7. The number of methoxy groups -OCH3 is 1. The summed E-state index contributed by atoms with van der Waals surface area (Å²) in [6, 6.07) is 11.0. The zero-order chi connectivity index (χ0) is 23.4. The topological polar surface area (TPSA) is 93.1 Å². The molecule has 168 valence electrons. The van der Waals surface area contributed by atoms with E-state index in [0.29, 0.717) is 34.7 Å². The number of hydrogen-bond donors (Lipinski definition) is 1.